The lowest BCUT2D eigenvalue weighted by molar-refractivity contribution is -0.137. The van der Waals surface area contributed by atoms with Gasteiger partial charge in [0.05, 0.1) is 12.5 Å². The maximum Gasteiger partial charge on any atom is 0.234 e. The van der Waals surface area contributed by atoms with Gasteiger partial charge in [-0.15, -0.1) is 0 Å². The van der Waals surface area contributed by atoms with E-state index in [4.69, 9.17) is 4.74 Å². The molecule has 2 fully saturated rings. The third-order valence-electron chi connectivity index (χ3n) is 6.77. The highest BCUT2D eigenvalue weighted by Crippen LogP contribution is 2.31. The number of fused-ring (bicyclic) bond motifs is 1. The van der Waals surface area contributed by atoms with E-state index in [1.54, 1.807) is 12.0 Å². The summed E-state index contributed by atoms with van der Waals surface area (Å²) in [6.07, 6.45) is 4.44. The second kappa shape index (κ2) is 10.4. The lowest BCUT2D eigenvalue weighted by Crippen LogP contribution is -2.52. The molecule has 174 valence electrons. The molecule has 32 heavy (non-hydrogen) atoms. The number of amides is 3. The van der Waals surface area contributed by atoms with Gasteiger partial charge in [0.25, 0.3) is 0 Å². The second-order valence-electron chi connectivity index (χ2n) is 9.01. The molecule has 2 aliphatic heterocycles. The molecule has 0 spiro atoms. The lowest BCUT2D eigenvalue weighted by atomic mass is 10.1. The van der Waals surface area contributed by atoms with Crippen LogP contribution in [-0.4, -0.2) is 87.1 Å². The van der Waals surface area contributed by atoms with E-state index in [0.29, 0.717) is 52.4 Å². The molecular formula is C24H34N4O4. The highest BCUT2D eigenvalue weighted by molar-refractivity contribution is 6.00. The topological polar surface area (TPSA) is 82.2 Å². The predicted octanol–water partition coefficient (Wildman–Crippen LogP) is 0.825. The summed E-state index contributed by atoms with van der Waals surface area (Å²) >= 11 is 0. The van der Waals surface area contributed by atoms with E-state index in [1.807, 2.05) is 11.0 Å². The van der Waals surface area contributed by atoms with Gasteiger partial charge in [-0.2, -0.15) is 0 Å². The van der Waals surface area contributed by atoms with E-state index in [1.165, 1.54) is 17.5 Å². The maximum absolute atomic E-state index is 13.1. The summed E-state index contributed by atoms with van der Waals surface area (Å²) < 4.78 is 4.98. The fourth-order valence-electron chi connectivity index (χ4n) is 4.94. The molecule has 4 rings (SSSR count). The number of carbonyl (C=O) groups is 3. The number of hydrogen-bond donors (Lipinski definition) is 1. The Bertz CT molecular complexity index is 850. The maximum atomic E-state index is 13.1. The Morgan fingerprint density at radius 2 is 1.91 bits per heavy atom. The summed E-state index contributed by atoms with van der Waals surface area (Å²) in [5, 5.41) is 2.90. The molecule has 1 N–H and O–H groups in total. The van der Waals surface area contributed by atoms with Crippen LogP contribution in [-0.2, 0) is 32.0 Å². The molecule has 3 amide bonds. The molecule has 2 saturated heterocycles. The fourth-order valence-corrected chi connectivity index (χ4v) is 4.94. The smallest absolute Gasteiger partial charge is 0.234 e. The van der Waals surface area contributed by atoms with E-state index in [-0.39, 0.29) is 30.1 Å². The molecule has 1 unspecified atom stereocenters. The van der Waals surface area contributed by atoms with E-state index in [0.717, 1.165) is 24.9 Å². The Morgan fingerprint density at radius 3 is 2.69 bits per heavy atom. The van der Waals surface area contributed by atoms with Gasteiger partial charge >= 0.3 is 0 Å². The molecule has 8 heteroatoms. The minimum Gasteiger partial charge on any atom is -0.385 e. The normalized spacial score (nSPS) is 21.2. The average Bonchev–Trinajstić information content (AvgIpc) is 3.42. The van der Waals surface area contributed by atoms with Crippen molar-refractivity contribution in [2.75, 3.05) is 64.4 Å². The van der Waals surface area contributed by atoms with Crippen molar-refractivity contribution < 1.29 is 19.1 Å². The molecule has 1 atom stereocenters. The number of methoxy groups -OCH3 is 1. The number of benzene rings is 1. The van der Waals surface area contributed by atoms with Crippen LogP contribution in [0.5, 0.6) is 0 Å². The highest BCUT2D eigenvalue weighted by atomic mass is 16.5. The standard InChI is InChI=1S/C24H34N4O4/c1-32-13-3-8-25-22(29)17-26-9-11-27(12-10-26)24(31)20-15-23(30)28(16-20)21-7-6-18-4-2-5-19(18)14-21/h6-7,14,20H,2-5,8-13,15-17H2,1H3,(H,25,29). The van der Waals surface area contributed by atoms with Crippen molar-refractivity contribution in [3.8, 4) is 0 Å². The number of anilines is 1. The number of ether oxygens (including phenoxy) is 1. The zero-order valence-electron chi connectivity index (χ0n) is 19.0. The number of nitrogens with one attached hydrogen (secondary N) is 1. The highest BCUT2D eigenvalue weighted by Gasteiger charge is 2.38. The van der Waals surface area contributed by atoms with E-state index in [2.05, 4.69) is 22.3 Å². The minimum atomic E-state index is -0.286. The molecule has 3 aliphatic rings. The van der Waals surface area contributed by atoms with Gasteiger partial charge < -0.3 is 19.9 Å². The van der Waals surface area contributed by atoms with Gasteiger partial charge in [-0.3, -0.25) is 19.3 Å². The fraction of sp³-hybridized carbons (Fsp3) is 0.625. The molecule has 1 aromatic carbocycles. The van der Waals surface area contributed by atoms with Crippen molar-refractivity contribution >= 4 is 23.4 Å². The zero-order chi connectivity index (χ0) is 22.5. The summed E-state index contributed by atoms with van der Waals surface area (Å²) in [7, 11) is 1.65. The number of aryl methyl sites for hydroxylation is 2. The van der Waals surface area contributed by atoms with Crippen LogP contribution in [0, 0.1) is 5.92 Å². The Hall–Kier alpha value is -2.45. The van der Waals surface area contributed by atoms with Gasteiger partial charge in [0.1, 0.15) is 0 Å². The molecule has 0 saturated carbocycles. The third-order valence-corrected chi connectivity index (χ3v) is 6.77. The number of carbonyl (C=O) groups excluding carboxylic acids is 3. The van der Waals surface area contributed by atoms with Crippen molar-refractivity contribution in [2.24, 2.45) is 5.92 Å². The molecule has 2 heterocycles. The predicted molar refractivity (Wildman–Crippen MR) is 121 cm³/mol. The molecule has 0 bridgehead atoms. The van der Waals surface area contributed by atoms with Crippen molar-refractivity contribution in [3.05, 3.63) is 29.3 Å². The summed E-state index contributed by atoms with van der Waals surface area (Å²) in [6.45, 7) is 4.59. The van der Waals surface area contributed by atoms with Gasteiger partial charge in [0.15, 0.2) is 0 Å². The minimum absolute atomic E-state index is 0.00672. The van der Waals surface area contributed by atoms with E-state index in [9.17, 15) is 14.4 Å². The van der Waals surface area contributed by atoms with Crippen LogP contribution in [0.25, 0.3) is 0 Å². The molecular weight excluding hydrogens is 408 g/mol. The molecule has 1 aromatic rings. The molecule has 8 nitrogen and oxygen atoms in total. The summed E-state index contributed by atoms with van der Waals surface area (Å²) in [6, 6.07) is 6.28. The van der Waals surface area contributed by atoms with Crippen LogP contribution in [0.4, 0.5) is 5.69 Å². The lowest BCUT2D eigenvalue weighted by Gasteiger charge is -2.35. The Balaban J connectivity index is 1.24. The monoisotopic (exact) mass is 442 g/mol. The van der Waals surface area contributed by atoms with Crippen LogP contribution >= 0.6 is 0 Å². The summed E-state index contributed by atoms with van der Waals surface area (Å²) in [5.74, 6) is -0.186. The van der Waals surface area contributed by atoms with Crippen LogP contribution < -0.4 is 10.2 Å². The Morgan fingerprint density at radius 1 is 1.12 bits per heavy atom. The SMILES string of the molecule is COCCCNC(=O)CN1CCN(C(=O)C2CC(=O)N(c3ccc4c(c3)CCC4)C2)CC1. The first kappa shape index (κ1) is 22.7. The summed E-state index contributed by atoms with van der Waals surface area (Å²) in [4.78, 5) is 43.5. The van der Waals surface area contributed by atoms with Crippen molar-refractivity contribution in [3.63, 3.8) is 0 Å². The first-order chi connectivity index (χ1) is 15.5. The van der Waals surface area contributed by atoms with Gasteiger partial charge in [0.2, 0.25) is 17.7 Å². The van der Waals surface area contributed by atoms with Crippen LogP contribution in [0.1, 0.15) is 30.4 Å². The number of hydrogen-bond acceptors (Lipinski definition) is 5. The second-order valence-corrected chi connectivity index (χ2v) is 9.01. The van der Waals surface area contributed by atoms with Crippen molar-refractivity contribution in [1.29, 1.82) is 0 Å². The van der Waals surface area contributed by atoms with Crippen LogP contribution in [0.3, 0.4) is 0 Å². The largest absolute Gasteiger partial charge is 0.385 e. The number of piperazine rings is 1. The number of nitrogens with zero attached hydrogens (tertiary/aromatic N) is 3. The van der Waals surface area contributed by atoms with E-state index < -0.39 is 0 Å². The first-order valence-corrected chi connectivity index (χ1v) is 11.7. The van der Waals surface area contributed by atoms with Gasteiger partial charge in [-0.1, -0.05) is 6.07 Å². The quantitative estimate of drug-likeness (QED) is 0.603. The van der Waals surface area contributed by atoms with Crippen molar-refractivity contribution in [2.45, 2.75) is 32.1 Å². The Kier molecular flexibility index (Phi) is 7.42. The molecule has 0 aromatic heterocycles. The van der Waals surface area contributed by atoms with Crippen LogP contribution in [0.15, 0.2) is 18.2 Å². The third kappa shape index (κ3) is 5.30. The van der Waals surface area contributed by atoms with E-state index >= 15 is 0 Å². The zero-order valence-corrected chi connectivity index (χ0v) is 19.0. The van der Waals surface area contributed by atoms with Crippen molar-refractivity contribution in [1.82, 2.24) is 15.1 Å². The van der Waals surface area contributed by atoms with Gasteiger partial charge in [-0.05, 0) is 48.9 Å². The molecule has 0 radical (unpaired) electrons. The summed E-state index contributed by atoms with van der Waals surface area (Å²) in [5.41, 5.74) is 3.64. The van der Waals surface area contributed by atoms with Gasteiger partial charge in [0, 0.05) is 65.1 Å². The number of rotatable bonds is 8. The first-order valence-electron chi connectivity index (χ1n) is 11.7. The molecule has 1 aliphatic carbocycles. The van der Waals surface area contributed by atoms with Crippen LogP contribution in [0.2, 0.25) is 0 Å². The average molecular weight is 443 g/mol. The Labute approximate surface area is 189 Å². The van der Waals surface area contributed by atoms with Gasteiger partial charge in [-0.25, -0.2) is 0 Å².